The molecular weight excluding hydrogens is 264 g/mol. The van der Waals surface area contributed by atoms with Crippen molar-refractivity contribution in [2.45, 2.75) is 45.4 Å². The Labute approximate surface area is 125 Å². The minimum absolute atomic E-state index is 0.389. The SMILES string of the molecule is Cc1ccc(C#N)c(NCC2(C(=O)O)CCCCCC2)c1. The molecule has 21 heavy (non-hydrogen) atoms. The third-order valence-electron chi connectivity index (χ3n) is 4.43. The zero-order valence-corrected chi connectivity index (χ0v) is 12.5. The highest BCUT2D eigenvalue weighted by atomic mass is 16.4. The van der Waals surface area contributed by atoms with Crippen molar-refractivity contribution in [2.75, 3.05) is 11.9 Å². The number of hydrogen-bond donors (Lipinski definition) is 2. The van der Waals surface area contributed by atoms with Crippen LogP contribution in [0.4, 0.5) is 5.69 Å². The fraction of sp³-hybridized carbons (Fsp3) is 0.529. The molecule has 112 valence electrons. The molecule has 0 spiro atoms. The van der Waals surface area contributed by atoms with Gasteiger partial charge in [-0.05, 0) is 37.5 Å². The summed E-state index contributed by atoms with van der Waals surface area (Å²) in [6, 6.07) is 7.73. The van der Waals surface area contributed by atoms with Crippen molar-refractivity contribution in [3.05, 3.63) is 29.3 Å². The number of nitriles is 1. The number of carboxylic acids is 1. The number of anilines is 1. The monoisotopic (exact) mass is 286 g/mol. The van der Waals surface area contributed by atoms with Crippen LogP contribution in [0.3, 0.4) is 0 Å². The van der Waals surface area contributed by atoms with Gasteiger partial charge in [-0.15, -0.1) is 0 Å². The van der Waals surface area contributed by atoms with Crippen molar-refractivity contribution in [1.29, 1.82) is 5.26 Å². The summed E-state index contributed by atoms with van der Waals surface area (Å²) < 4.78 is 0. The number of aliphatic carboxylic acids is 1. The Bertz CT molecular complexity index is 552. The van der Waals surface area contributed by atoms with Crippen LogP contribution < -0.4 is 5.32 Å². The first-order valence-electron chi connectivity index (χ1n) is 7.55. The lowest BCUT2D eigenvalue weighted by Gasteiger charge is -2.29. The average molecular weight is 286 g/mol. The molecule has 0 unspecified atom stereocenters. The van der Waals surface area contributed by atoms with Crippen LogP contribution in [0.2, 0.25) is 0 Å². The third kappa shape index (κ3) is 3.55. The van der Waals surface area contributed by atoms with Gasteiger partial charge >= 0.3 is 5.97 Å². The lowest BCUT2D eigenvalue weighted by Crippen LogP contribution is -2.37. The minimum Gasteiger partial charge on any atom is -0.481 e. The van der Waals surface area contributed by atoms with Crippen LogP contribution in [0.5, 0.6) is 0 Å². The van der Waals surface area contributed by atoms with Crippen LogP contribution in [0.15, 0.2) is 18.2 Å². The number of benzene rings is 1. The summed E-state index contributed by atoms with van der Waals surface area (Å²) in [5, 5.41) is 22.0. The molecule has 0 saturated heterocycles. The zero-order chi connectivity index (χ0) is 15.3. The minimum atomic E-state index is -0.719. The predicted molar refractivity (Wildman–Crippen MR) is 82.2 cm³/mol. The molecule has 0 heterocycles. The van der Waals surface area contributed by atoms with Crippen molar-refractivity contribution in [3.8, 4) is 6.07 Å². The van der Waals surface area contributed by atoms with E-state index in [9.17, 15) is 9.90 Å². The van der Waals surface area contributed by atoms with Crippen LogP contribution in [-0.2, 0) is 4.79 Å². The topological polar surface area (TPSA) is 73.1 Å². The molecule has 2 N–H and O–H groups in total. The van der Waals surface area contributed by atoms with Crippen LogP contribution in [-0.4, -0.2) is 17.6 Å². The van der Waals surface area contributed by atoms with Crippen LogP contribution >= 0.6 is 0 Å². The van der Waals surface area contributed by atoms with Crippen LogP contribution in [0.1, 0.15) is 49.7 Å². The maximum absolute atomic E-state index is 11.8. The normalized spacial score (nSPS) is 17.5. The molecule has 0 atom stereocenters. The molecule has 0 radical (unpaired) electrons. The molecule has 1 aliphatic rings. The van der Waals surface area contributed by atoms with Gasteiger partial charge in [0.15, 0.2) is 0 Å². The van der Waals surface area contributed by atoms with Gasteiger partial charge < -0.3 is 10.4 Å². The highest BCUT2D eigenvalue weighted by Gasteiger charge is 2.38. The largest absolute Gasteiger partial charge is 0.481 e. The van der Waals surface area contributed by atoms with E-state index >= 15 is 0 Å². The Morgan fingerprint density at radius 1 is 1.33 bits per heavy atom. The maximum atomic E-state index is 11.8. The van der Waals surface area contributed by atoms with Gasteiger partial charge in [0.1, 0.15) is 6.07 Å². The lowest BCUT2D eigenvalue weighted by molar-refractivity contribution is -0.149. The van der Waals surface area contributed by atoms with Gasteiger partial charge in [-0.25, -0.2) is 0 Å². The standard InChI is InChI=1S/C17H22N2O2/c1-13-6-7-14(11-18)15(10-13)19-12-17(16(20)21)8-4-2-3-5-9-17/h6-7,10,19H,2-5,8-9,12H2,1H3,(H,20,21). The number of carbonyl (C=O) groups is 1. The molecule has 1 aromatic carbocycles. The molecule has 2 rings (SSSR count). The summed E-state index contributed by atoms with van der Waals surface area (Å²) in [5.41, 5.74) is 1.66. The molecule has 1 fully saturated rings. The number of nitrogens with zero attached hydrogens (tertiary/aromatic N) is 1. The fourth-order valence-electron chi connectivity index (χ4n) is 3.04. The molecule has 0 aliphatic heterocycles. The molecule has 0 bridgehead atoms. The Balaban J connectivity index is 2.17. The first kappa shape index (κ1) is 15.4. The Hall–Kier alpha value is -2.02. The van der Waals surface area contributed by atoms with Gasteiger partial charge in [0, 0.05) is 6.54 Å². The second-order valence-electron chi connectivity index (χ2n) is 6.01. The smallest absolute Gasteiger partial charge is 0.311 e. The van der Waals surface area contributed by atoms with E-state index in [1.807, 2.05) is 19.1 Å². The summed E-state index contributed by atoms with van der Waals surface area (Å²) in [5.74, 6) is -0.719. The molecule has 0 aromatic heterocycles. The van der Waals surface area contributed by atoms with E-state index in [4.69, 9.17) is 5.26 Å². The average Bonchev–Trinajstić information content (AvgIpc) is 2.72. The Kier molecular flexibility index (Phi) is 4.85. The first-order valence-corrected chi connectivity index (χ1v) is 7.55. The van der Waals surface area contributed by atoms with Crippen molar-refractivity contribution >= 4 is 11.7 Å². The van der Waals surface area contributed by atoms with E-state index in [0.717, 1.165) is 36.9 Å². The molecule has 4 heteroatoms. The molecule has 1 aliphatic carbocycles. The van der Waals surface area contributed by atoms with E-state index in [2.05, 4.69) is 11.4 Å². The Morgan fingerprint density at radius 3 is 2.57 bits per heavy atom. The third-order valence-corrected chi connectivity index (χ3v) is 4.43. The van der Waals surface area contributed by atoms with Crippen LogP contribution in [0, 0.1) is 23.7 Å². The highest BCUT2D eigenvalue weighted by molar-refractivity contribution is 5.76. The molecule has 0 amide bonds. The second kappa shape index (κ2) is 6.62. The molecule has 4 nitrogen and oxygen atoms in total. The quantitative estimate of drug-likeness (QED) is 0.828. The van der Waals surface area contributed by atoms with Crippen molar-refractivity contribution < 1.29 is 9.90 Å². The number of hydrogen-bond acceptors (Lipinski definition) is 3. The van der Waals surface area contributed by atoms with E-state index in [-0.39, 0.29) is 0 Å². The maximum Gasteiger partial charge on any atom is 0.311 e. The van der Waals surface area contributed by atoms with E-state index < -0.39 is 11.4 Å². The highest BCUT2D eigenvalue weighted by Crippen LogP contribution is 2.36. The number of aryl methyl sites for hydroxylation is 1. The van der Waals surface area contributed by atoms with Crippen LogP contribution in [0.25, 0.3) is 0 Å². The number of rotatable bonds is 4. The summed E-state index contributed by atoms with van der Waals surface area (Å²) >= 11 is 0. The van der Waals surface area contributed by atoms with Crippen molar-refractivity contribution in [1.82, 2.24) is 0 Å². The van der Waals surface area contributed by atoms with Crippen molar-refractivity contribution in [2.24, 2.45) is 5.41 Å². The zero-order valence-electron chi connectivity index (χ0n) is 12.5. The van der Waals surface area contributed by atoms with Gasteiger partial charge in [0.2, 0.25) is 0 Å². The predicted octanol–water partition coefficient (Wildman–Crippen LogP) is 3.70. The Morgan fingerprint density at radius 2 is 2.00 bits per heavy atom. The van der Waals surface area contributed by atoms with Crippen molar-refractivity contribution in [3.63, 3.8) is 0 Å². The first-order chi connectivity index (χ1) is 10.1. The number of carboxylic acid groups (broad SMARTS) is 1. The summed E-state index contributed by atoms with van der Waals surface area (Å²) in [4.78, 5) is 11.8. The summed E-state index contributed by atoms with van der Waals surface area (Å²) in [6.07, 6.45) is 5.58. The summed E-state index contributed by atoms with van der Waals surface area (Å²) in [7, 11) is 0. The fourth-order valence-corrected chi connectivity index (χ4v) is 3.04. The van der Waals surface area contributed by atoms with Gasteiger partial charge in [-0.1, -0.05) is 31.7 Å². The number of nitrogens with one attached hydrogen (secondary N) is 1. The molecular formula is C17H22N2O2. The van der Waals surface area contributed by atoms with E-state index in [1.54, 1.807) is 6.07 Å². The van der Waals surface area contributed by atoms with Gasteiger partial charge in [-0.3, -0.25) is 4.79 Å². The van der Waals surface area contributed by atoms with Gasteiger partial charge in [0.05, 0.1) is 16.7 Å². The van der Waals surface area contributed by atoms with Gasteiger partial charge in [0.25, 0.3) is 0 Å². The van der Waals surface area contributed by atoms with Gasteiger partial charge in [-0.2, -0.15) is 5.26 Å². The molecule has 1 saturated carbocycles. The molecule has 1 aromatic rings. The summed E-state index contributed by atoms with van der Waals surface area (Å²) in [6.45, 7) is 2.35. The second-order valence-corrected chi connectivity index (χ2v) is 6.01. The van der Waals surface area contributed by atoms with E-state index in [1.165, 1.54) is 0 Å². The van der Waals surface area contributed by atoms with E-state index in [0.29, 0.717) is 24.9 Å². The lowest BCUT2D eigenvalue weighted by atomic mass is 9.80.